The van der Waals surface area contributed by atoms with Crippen molar-refractivity contribution in [3.63, 3.8) is 0 Å². The van der Waals surface area contributed by atoms with Gasteiger partial charge in [0.25, 0.3) is 5.91 Å². The highest BCUT2D eigenvalue weighted by atomic mass is 16.7. The molecule has 0 bridgehead atoms. The molecule has 3 N–H and O–H groups in total. The number of nitriles is 1. The summed E-state index contributed by atoms with van der Waals surface area (Å²) in [5.41, 5.74) is 0.162. The Morgan fingerprint density at radius 1 is 1.32 bits per heavy atom. The van der Waals surface area contributed by atoms with Crippen molar-refractivity contribution < 1.29 is 24.2 Å². The topological polar surface area (TPSA) is 121 Å². The van der Waals surface area contributed by atoms with Gasteiger partial charge >= 0.3 is 5.97 Å². The molecule has 25 heavy (non-hydrogen) atoms. The maximum Gasteiger partial charge on any atom is 0.335 e. The van der Waals surface area contributed by atoms with Crippen molar-refractivity contribution in [3.8, 4) is 6.07 Å². The molecule has 0 aliphatic rings. The predicted molar refractivity (Wildman–Crippen MR) is 90.8 cm³/mol. The number of carbonyl (C=O) groups is 2. The van der Waals surface area contributed by atoms with Crippen LogP contribution in [-0.2, 0) is 14.3 Å². The maximum atomic E-state index is 12.1. The van der Waals surface area contributed by atoms with Gasteiger partial charge in [0, 0.05) is 25.1 Å². The molecule has 0 aliphatic heterocycles. The Balaban J connectivity index is 2.69. The van der Waals surface area contributed by atoms with Gasteiger partial charge < -0.3 is 25.2 Å². The molecule has 1 amide bonds. The van der Waals surface area contributed by atoms with Gasteiger partial charge in [-0.15, -0.1) is 0 Å². The zero-order valence-corrected chi connectivity index (χ0v) is 14.1. The van der Waals surface area contributed by atoms with Crippen LogP contribution in [0.4, 0.5) is 5.69 Å². The standard InChI is InChI=1S/C17H21N3O5/c1-3-24-15(25-4-2)11-19-10-13(9-18)16(21)20-14-7-5-6-12(8-14)17(22)23/h5-8,10,15,19H,3-4,11H2,1-2H3,(H,20,21)(H,22,23)/b13-10-. The van der Waals surface area contributed by atoms with Crippen LogP contribution in [0.15, 0.2) is 36.0 Å². The van der Waals surface area contributed by atoms with E-state index in [1.807, 2.05) is 13.8 Å². The Kier molecular flexibility index (Phi) is 8.71. The summed E-state index contributed by atoms with van der Waals surface area (Å²) in [6, 6.07) is 7.54. The summed E-state index contributed by atoms with van der Waals surface area (Å²) in [6.45, 7) is 4.89. The summed E-state index contributed by atoms with van der Waals surface area (Å²) in [5.74, 6) is -1.76. The minimum absolute atomic E-state index is 0.0367. The van der Waals surface area contributed by atoms with Gasteiger partial charge in [-0.05, 0) is 32.0 Å². The van der Waals surface area contributed by atoms with Crippen LogP contribution in [-0.4, -0.2) is 43.0 Å². The predicted octanol–water partition coefficient (Wildman–Crippen LogP) is 1.72. The van der Waals surface area contributed by atoms with Crippen molar-refractivity contribution >= 4 is 17.6 Å². The minimum atomic E-state index is -1.10. The van der Waals surface area contributed by atoms with E-state index in [2.05, 4.69) is 10.6 Å². The first-order valence-corrected chi connectivity index (χ1v) is 7.73. The molecule has 0 spiro atoms. The number of carbonyl (C=O) groups excluding carboxylic acids is 1. The largest absolute Gasteiger partial charge is 0.478 e. The molecule has 0 aromatic heterocycles. The van der Waals surface area contributed by atoms with Gasteiger partial charge in [-0.25, -0.2) is 4.79 Å². The number of anilines is 1. The smallest absolute Gasteiger partial charge is 0.335 e. The summed E-state index contributed by atoms with van der Waals surface area (Å²) < 4.78 is 10.7. The molecule has 0 aliphatic carbocycles. The minimum Gasteiger partial charge on any atom is -0.478 e. The van der Waals surface area contributed by atoms with Gasteiger partial charge in [0.05, 0.1) is 12.1 Å². The van der Waals surface area contributed by atoms with Gasteiger partial charge in [0.1, 0.15) is 11.6 Å². The lowest BCUT2D eigenvalue weighted by atomic mass is 10.2. The van der Waals surface area contributed by atoms with E-state index in [0.29, 0.717) is 13.2 Å². The molecular weight excluding hydrogens is 326 g/mol. The van der Waals surface area contributed by atoms with Crippen molar-refractivity contribution in [2.45, 2.75) is 20.1 Å². The average Bonchev–Trinajstić information content (AvgIpc) is 2.59. The Morgan fingerprint density at radius 3 is 2.56 bits per heavy atom. The molecule has 1 aromatic carbocycles. The second-order valence-electron chi connectivity index (χ2n) is 4.76. The summed E-state index contributed by atoms with van der Waals surface area (Å²) in [6.07, 6.45) is 0.781. The first kappa shape index (κ1) is 20.2. The van der Waals surface area contributed by atoms with Crippen molar-refractivity contribution in [2.75, 3.05) is 25.1 Å². The van der Waals surface area contributed by atoms with Crippen molar-refractivity contribution in [2.24, 2.45) is 0 Å². The SMILES string of the molecule is CCOC(CN/C=C(/C#N)C(=O)Nc1cccc(C(=O)O)c1)OCC. The Hall–Kier alpha value is -2.89. The molecular formula is C17H21N3O5. The first-order valence-electron chi connectivity index (χ1n) is 7.73. The molecule has 0 saturated heterocycles. The van der Waals surface area contributed by atoms with Crippen LogP contribution >= 0.6 is 0 Å². The third-order valence-corrected chi connectivity index (χ3v) is 2.97. The lowest BCUT2D eigenvalue weighted by Crippen LogP contribution is -2.29. The van der Waals surface area contributed by atoms with Crippen LogP contribution < -0.4 is 10.6 Å². The van der Waals surface area contributed by atoms with E-state index in [1.165, 1.54) is 30.5 Å². The number of aromatic carboxylic acids is 1. The number of nitrogens with zero attached hydrogens (tertiary/aromatic N) is 1. The Morgan fingerprint density at radius 2 is 2.00 bits per heavy atom. The fourth-order valence-electron chi connectivity index (χ4n) is 1.87. The fourth-order valence-corrected chi connectivity index (χ4v) is 1.87. The second kappa shape index (κ2) is 10.8. The van der Waals surface area contributed by atoms with E-state index < -0.39 is 18.2 Å². The third-order valence-electron chi connectivity index (χ3n) is 2.97. The van der Waals surface area contributed by atoms with Crippen LogP contribution in [0.3, 0.4) is 0 Å². The van der Waals surface area contributed by atoms with Crippen LogP contribution in [0.1, 0.15) is 24.2 Å². The van der Waals surface area contributed by atoms with Crippen molar-refractivity contribution in [3.05, 3.63) is 41.6 Å². The van der Waals surface area contributed by atoms with E-state index in [-0.39, 0.29) is 23.4 Å². The lowest BCUT2D eigenvalue weighted by molar-refractivity contribution is -0.131. The van der Waals surface area contributed by atoms with E-state index >= 15 is 0 Å². The van der Waals surface area contributed by atoms with E-state index in [0.717, 1.165) is 0 Å². The van der Waals surface area contributed by atoms with Gasteiger partial charge in [0.2, 0.25) is 0 Å². The summed E-state index contributed by atoms with van der Waals surface area (Å²) in [5, 5.41) is 23.4. The molecule has 0 unspecified atom stereocenters. The molecule has 1 aromatic rings. The number of hydrogen-bond acceptors (Lipinski definition) is 6. The van der Waals surface area contributed by atoms with Crippen LogP contribution in [0.5, 0.6) is 0 Å². The molecule has 1 rings (SSSR count). The quantitative estimate of drug-likeness (QED) is 0.335. The molecule has 0 atom stereocenters. The first-order chi connectivity index (χ1) is 12.0. The normalized spacial score (nSPS) is 11.0. The lowest BCUT2D eigenvalue weighted by Gasteiger charge is -2.16. The number of benzene rings is 1. The molecule has 0 fully saturated rings. The monoisotopic (exact) mass is 347 g/mol. The molecule has 0 saturated carbocycles. The summed E-state index contributed by atoms with van der Waals surface area (Å²) in [7, 11) is 0. The highest BCUT2D eigenvalue weighted by molar-refractivity contribution is 6.06. The number of carboxylic acid groups (broad SMARTS) is 1. The number of rotatable bonds is 10. The van der Waals surface area contributed by atoms with Gasteiger partial charge in [-0.1, -0.05) is 6.07 Å². The van der Waals surface area contributed by atoms with E-state index in [4.69, 9.17) is 19.8 Å². The highest BCUT2D eigenvalue weighted by Crippen LogP contribution is 2.11. The number of nitrogens with one attached hydrogen (secondary N) is 2. The van der Waals surface area contributed by atoms with Crippen LogP contribution in [0, 0.1) is 11.3 Å². The van der Waals surface area contributed by atoms with Crippen LogP contribution in [0.2, 0.25) is 0 Å². The van der Waals surface area contributed by atoms with Gasteiger partial charge in [0.15, 0.2) is 6.29 Å². The molecule has 8 nitrogen and oxygen atoms in total. The van der Waals surface area contributed by atoms with E-state index in [9.17, 15) is 9.59 Å². The molecule has 134 valence electrons. The summed E-state index contributed by atoms with van der Waals surface area (Å²) in [4.78, 5) is 23.0. The molecule has 0 heterocycles. The Labute approximate surface area is 146 Å². The maximum absolute atomic E-state index is 12.1. The Bertz CT molecular complexity index is 660. The fraction of sp³-hybridized carbons (Fsp3) is 0.353. The number of amides is 1. The third kappa shape index (κ3) is 7.03. The molecule has 0 radical (unpaired) electrons. The number of carboxylic acids is 1. The van der Waals surface area contributed by atoms with Gasteiger partial charge in [-0.2, -0.15) is 5.26 Å². The number of ether oxygens (including phenoxy) is 2. The zero-order valence-electron chi connectivity index (χ0n) is 14.1. The van der Waals surface area contributed by atoms with Crippen LogP contribution in [0.25, 0.3) is 0 Å². The summed E-state index contributed by atoms with van der Waals surface area (Å²) >= 11 is 0. The highest BCUT2D eigenvalue weighted by Gasteiger charge is 2.12. The number of hydrogen-bond donors (Lipinski definition) is 3. The van der Waals surface area contributed by atoms with Crippen molar-refractivity contribution in [1.82, 2.24) is 5.32 Å². The zero-order chi connectivity index (χ0) is 18.7. The molecule has 8 heteroatoms. The second-order valence-corrected chi connectivity index (χ2v) is 4.76. The van der Waals surface area contributed by atoms with E-state index in [1.54, 1.807) is 6.07 Å². The average molecular weight is 347 g/mol. The van der Waals surface area contributed by atoms with Gasteiger partial charge in [-0.3, -0.25) is 4.79 Å². The van der Waals surface area contributed by atoms with Crippen molar-refractivity contribution in [1.29, 1.82) is 5.26 Å².